The minimum atomic E-state index is 0.585. The van der Waals surface area contributed by atoms with E-state index in [-0.39, 0.29) is 0 Å². The van der Waals surface area contributed by atoms with Crippen molar-refractivity contribution in [1.29, 1.82) is 0 Å². The van der Waals surface area contributed by atoms with Crippen LogP contribution in [-0.4, -0.2) is 27.7 Å². The Balaban J connectivity index is 1.69. The van der Waals surface area contributed by atoms with E-state index in [4.69, 9.17) is 4.42 Å². The molecule has 0 saturated heterocycles. The van der Waals surface area contributed by atoms with E-state index in [1.54, 1.807) is 0 Å². The number of aromatic nitrogens is 2. The first kappa shape index (κ1) is 15.7. The molecule has 0 amide bonds. The van der Waals surface area contributed by atoms with Crippen LogP contribution in [-0.2, 0) is 6.54 Å². The van der Waals surface area contributed by atoms with Gasteiger partial charge in [-0.3, -0.25) is 4.90 Å². The second-order valence-corrected chi connectivity index (χ2v) is 7.22. The quantitative estimate of drug-likeness (QED) is 0.725. The first-order valence-corrected chi connectivity index (χ1v) is 8.74. The van der Waals surface area contributed by atoms with Crippen LogP contribution in [0.3, 0.4) is 0 Å². The number of hydrogen-bond donors (Lipinski definition) is 0. The van der Waals surface area contributed by atoms with Crippen LogP contribution in [0, 0.1) is 5.92 Å². The predicted octanol–water partition coefficient (Wildman–Crippen LogP) is 4.51. The lowest BCUT2D eigenvalue weighted by molar-refractivity contribution is 0.217. The standard InChI is InChI=1S/C17H22BrN3O/c1-12(2)9-10-21(13-7-8-13)11-16-19-20-17(22-16)14-5-3-4-6-15(14)18/h3-6,12-13H,7-11H2,1-2H3. The molecule has 0 spiro atoms. The molecule has 1 saturated carbocycles. The molecule has 118 valence electrons. The van der Waals surface area contributed by atoms with Gasteiger partial charge < -0.3 is 4.42 Å². The van der Waals surface area contributed by atoms with Crippen molar-refractivity contribution in [1.82, 2.24) is 15.1 Å². The molecule has 22 heavy (non-hydrogen) atoms. The Bertz CT molecular complexity index is 622. The van der Waals surface area contributed by atoms with Gasteiger partial charge in [0.25, 0.3) is 0 Å². The van der Waals surface area contributed by atoms with Crippen molar-refractivity contribution in [3.8, 4) is 11.5 Å². The van der Waals surface area contributed by atoms with Gasteiger partial charge in [-0.25, -0.2) is 0 Å². The third-order valence-electron chi connectivity index (χ3n) is 3.97. The summed E-state index contributed by atoms with van der Waals surface area (Å²) in [5.41, 5.74) is 0.946. The van der Waals surface area contributed by atoms with Crippen LogP contribution in [0.5, 0.6) is 0 Å². The number of halogens is 1. The van der Waals surface area contributed by atoms with Crippen molar-refractivity contribution in [2.24, 2.45) is 5.92 Å². The van der Waals surface area contributed by atoms with E-state index in [0.717, 1.165) is 29.0 Å². The van der Waals surface area contributed by atoms with Crippen molar-refractivity contribution in [2.45, 2.75) is 45.7 Å². The molecule has 2 aromatic rings. The lowest BCUT2D eigenvalue weighted by Gasteiger charge is -2.20. The topological polar surface area (TPSA) is 42.2 Å². The highest BCUT2D eigenvalue weighted by atomic mass is 79.9. The normalized spacial score (nSPS) is 15.0. The lowest BCUT2D eigenvalue weighted by Crippen LogP contribution is -2.27. The van der Waals surface area contributed by atoms with Crippen molar-refractivity contribution in [2.75, 3.05) is 6.54 Å². The van der Waals surface area contributed by atoms with Gasteiger partial charge in [-0.05, 0) is 59.8 Å². The van der Waals surface area contributed by atoms with Gasteiger partial charge in [-0.2, -0.15) is 0 Å². The molecule has 0 bridgehead atoms. The number of nitrogens with zero attached hydrogens (tertiary/aromatic N) is 3. The third kappa shape index (κ3) is 3.96. The summed E-state index contributed by atoms with van der Waals surface area (Å²) in [4.78, 5) is 2.48. The largest absolute Gasteiger partial charge is 0.419 e. The van der Waals surface area contributed by atoms with Gasteiger partial charge in [0.05, 0.1) is 12.1 Å². The van der Waals surface area contributed by atoms with Crippen LogP contribution in [0.25, 0.3) is 11.5 Å². The maximum Gasteiger partial charge on any atom is 0.248 e. The van der Waals surface area contributed by atoms with Crippen molar-refractivity contribution >= 4 is 15.9 Å². The van der Waals surface area contributed by atoms with Crippen LogP contribution in [0.15, 0.2) is 33.2 Å². The van der Waals surface area contributed by atoms with Gasteiger partial charge in [0, 0.05) is 10.5 Å². The van der Waals surface area contributed by atoms with Crippen molar-refractivity contribution < 1.29 is 4.42 Å². The Morgan fingerprint density at radius 2 is 2.05 bits per heavy atom. The molecule has 0 atom stereocenters. The fourth-order valence-corrected chi connectivity index (χ4v) is 2.94. The summed E-state index contributed by atoms with van der Waals surface area (Å²) in [5, 5.41) is 8.43. The van der Waals surface area contributed by atoms with Gasteiger partial charge in [0.15, 0.2) is 0 Å². The molecule has 3 rings (SSSR count). The average Bonchev–Trinajstić information content (AvgIpc) is 3.23. The summed E-state index contributed by atoms with van der Waals surface area (Å²) in [6.45, 7) is 6.40. The van der Waals surface area contributed by atoms with Crippen molar-refractivity contribution in [3.05, 3.63) is 34.6 Å². The third-order valence-corrected chi connectivity index (χ3v) is 4.66. The molecule has 1 aliphatic rings. The Morgan fingerprint density at radius 1 is 1.27 bits per heavy atom. The van der Waals surface area contributed by atoms with E-state index in [0.29, 0.717) is 17.8 Å². The Morgan fingerprint density at radius 3 is 2.73 bits per heavy atom. The Hall–Kier alpha value is -1.20. The van der Waals surface area contributed by atoms with Crippen LogP contribution >= 0.6 is 15.9 Å². The maximum atomic E-state index is 5.87. The van der Waals surface area contributed by atoms with Crippen molar-refractivity contribution in [3.63, 3.8) is 0 Å². The molecule has 0 radical (unpaired) electrons. The van der Waals surface area contributed by atoms with E-state index in [9.17, 15) is 0 Å². The summed E-state index contributed by atoms with van der Waals surface area (Å²) in [6, 6.07) is 8.63. The molecule has 0 aliphatic heterocycles. The average molecular weight is 364 g/mol. The fraction of sp³-hybridized carbons (Fsp3) is 0.529. The summed E-state index contributed by atoms with van der Waals surface area (Å²) in [5.74, 6) is 2.02. The number of hydrogen-bond acceptors (Lipinski definition) is 4. The molecule has 0 unspecified atom stereocenters. The fourth-order valence-electron chi connectivity index (χ4n) is 2.49. The molecular formula is C17H22BrN3O. The second kappa shape index (κ2) is 6.92. The molecule has 5 heteroatoms. The monoisotopic (exact) mass is 363 g/mol. The highest BCUT2D eigenvalue weighted by molar-refractivity contribution is 9.10. The van der Waals surface area contributed by atoms with E-state index in [2.05, 4.69) is 44.9 Å². The van der Waals surface area contributed by atoms with Crippen LogP contribution in [0.1, 0.15) is 39.0 Å². The van der Waals surface area contributed by atoms with Crippen LogP contribution in [0.2, 0.25) is 0 Å². The SMILES string of the molecule is CC(C)CCN(Cc1nnc(-c2ccccc2Br)o1)C1CC1. The minimum Gasteiger partial charge on any atom is -0.419 e. The summed E-state index contributed by atoms with van der Waals surface area (Å²) in [7, 11) is 0. The Kier molecular flexibility index (Phi) is 4.93. The van der Waals surface area contributed by atoms with E-state index < -0.39 is 0 Å². The maximum absolute atomic E-state index is 5.87. The van der Waals surface area contributed by atoms with E-state index >= 15 is 0 Å². The van der Waals surface area contributed by atoms with Gasteiger partial charge in [0.2, 0.25) is 11.8 Å². The molecule has 4 nitrogen and oxygen atoms in total. The summed E-state index contributed by atoms with van der Waals surface area (Å²) >= 11 is 3.53. The molecule has 1 fully saturated rings. The molecule has 0 N–H and O–H groups in total. The zero-order valence-electron chi connectivity index (χ0n) is 13.1. The zero-order valence-corrected chi connectivity index (χ0v) is 14.7. The molecular weight excluding hydrogens is 342 g/mol. The summed E-state index contributed by atoms with van der Waals surface area (Å²) in [6.07, 6.45) is 3.80. The predicted molar refractivity (Wildman–Crippen MR) is 90.3 cm³/mol. The lowest BCUT2D eigenvalue weighted by atomic mass is 10.1. The highest BCUT2D eigenvalue weighted by Crippen LogP contribution is 2.30. The smallest absolute Gasteiger partial charge is 0.248 e. The van der Waals surface area contributed by atoms with E-state index in [1.165, 1.54) is 19.3 Å². The van der Waals surface area contributed by atoms with E-state index in [1.807, 2.05) is 24.3 Å². The van der Waals surface area contributed by atoms with Crippen LogP contribution in [0.4, 0.5) is 0 Å². The summed E-state index contributed by atoms with van der Waals surface area (Å²) < 4.78 is 6.85. The molecule has 1 heterocycles. The first-order valence-electron chi connectivity index (χ1n) is 7.95. The Labute approximate surface area is 140 Å². The first-order chi connectivity index (χ1) is 10.6. The van der Waals surface area contributed by atoms with Crippen LogP contribution < -0.4 is 0 Å². The number of rotatable bonds is 7. The molecule has 1 aromatic carbocycles. The molecule has 1 aromatic heterocycles. The molecule has 1 aliphatic carbocycles. The number of benzene rings is 1. The minimum absolute atomic E-state index is 0.585. The zero-order chi connectivity index (χ0) is 15.5. The highest BCUT2D eigenvalue weighted by Gasteiger charge is 2.30. The van der Waals surface area contributed by atoms with Gasteiger partial charge in [-0.15, -0.1) is 10.2 Å². The second-order valence-electron chi connectivity index (χ2n) is 6.36. The van der Waals surface area contributed by atoms with Gasteiger partial charge in [-0.1, -0.05) is 26.0 Å². The van der Waals surface area contributed by atoms with Gasteiger partial charge in [0.1, 0.15) is 0 Å². The van der Waals surface area contributed by atoms with Gasteiger partial charge >= 0.3 is 0 Å².